The van der Waals surface area contributed by atoms with E-state index >= 15 is 0 Å². The number of aryl methyl sites for hydroxylation is 1. The maximum Gasteiger partial charge on any atom is 0.262 e. The molecule has 0 spiro atoms. The van der Waals surface area contributed by atoms with Crippen LogP contribution in [-0.4, -0.2) is 24.7 Å². The zero-order chi connectivity index (χ0) is 22.5. The summed E-state index contributed by atoms with van der Waals surface area (Å²) in [7, 11) is 0. The number of fused-ring (bicyclic) bond motifs is 1. The number of thioether (sulfide) groups is 1. The van der Waals surface area contributed by atoms with Gasteiger partial charge in [-0.25, -0.2) is 4.98 Å². The molecule has 0 aliphatic rings. The Balaban J connectivity index is 1.37. The molecule has 3 heterocycles. The van der Waals surface area contributed by atoms with E-state index in [-0.39, 0.29) is 5.56 Å². The van der Waals surface area contributed by atoms with Crippen molar-refractivity contribution in [3.05, 3.63) is 100 Å². The number of hydrogen-bond donors (Lipinski definition) is 1. The molecule has 2 aromatic carbocycles. The smallest absolute Gasteiger partial charge is 0.262 e. The summed E-state index contributed by atoms with van der Waals surface area (Å²) < 4.78 is 1.74. The number of aromatic nitrogens is 5. The predicted molar refractivity (Wildman–Crippen MR) is 133 cm³/mol. The maximum absolute atomic E-state index is 13.2. The molecule has 0 atom stereocenters. The van der Waals surface area contributed by atoms with Crippen molar-refractivity contribution >= 4 is 44.8 Å². The van der Waals surface area contributed by atoms with E-state index in [1.807, 2.05) is 72.8 Å². The number of hydrogen-bond acceptors (Lipinski definition) is 8. The first-order valence-electron chi connectivity index (χ1n) is 10.4. The van der Waals surface area contributed by atoms with Crippen molar-refractivity contribution in [1.29, 1.82) is 0 Å². The summed E-state index contributed by atoms with van der Waals surface area (Å²) >= 11 is 2.99. The Kier molecular flexibility index (Phi) is 6.41. The minimum absolute atomic E-state index is 0.0391. The molecular formula is C24H20N6OS2. The number of nitrogens with zero attached hydrogens (tertiary/aromatic N) is 5. The van der Waals surface area contributed by atoms with E-state index in [1.54, 1.807) is 10.8 Å². The maximum atomic E-state index is 13.2. The molecule has 7 nitrogen and oxygen atoms in total. The number of para-hydroxylation sites is 2. The third-order valence-corrected chi connectivity index (χ3v) is 6.97. The Morgan fingerprint density at radius 3 is 2.61 bits per heavy atom. The van der Waals surface area contributed by atoms with Gasteiger partial charge in [-0.3, -0.25) is 14.3 Å². The highest BCUT2D eigenvalue weighted by atomic mass is 32.2. The van der Waals surface area contributed by atoms with Gasteiger partial charge in [-0.15, -0.1) is 10.2 Å². The summed E-state index contributed by atoms with van der Waals surface area (Å²) in [4.78, 5) is 22.4. The van der Waals surface area contributed by atoms with E-state index in [0.29, 0.717) is 34.8 Å². The molecule has 5 aromatic rings. The summed E-state index contributed by atoms with van der Waals surface area (Å²) in [6.07, 6.45) is 2.42. The van der Waals surface area contributed by atoms with Gasteiger partial charge in [0.25, 0.3) is 5.56 Å². The lowest BCUT2D eigenvalue weighted by molar-refractivity contribution is 0.590. The van der Waals surface area contributed by atoms with E-state index in [0.717, 1.165) is 21.5 Å². The minimum Gasteiger partial charge on any atom is -0.330 e. The molecule has 0 unspecified atom stereocenters. The molecule has 3 aromatic heterocycles. The number of rotatable bonds is 8. The second-order valence-electron chi connectivity index (χ2n) is 7.22. The van der Waals surface area contributed by atoms with Crippen molar-refractivity contribution < 1.29 is 0 Å². The van der Waals surface area contributed by atoms with Crippen LogP contribution in [0.15, 0.2) is 88.9 Å². The van der Waals surface area contributed by atoms with Crippen LogP contribution in [0.2, 0.25) is 0 Å². The van der Waals surface area contributed by atoms with Crippen LogP contribution in [0.4, 0.5) is 10.8 Å². The largest absolute Gasteiger partial charge is 0.330 e. The monoisotopic (exact) mass is 472 g/mol. The van der Waals surface area contributed by atoms with Gasteiger partial charge in [-0.1, -0.05) is 59.5 Å². The Morgan fingerprint density at radius 2 is 1.76 bits per heavy atom. The molecule has 9 heteroatoms. The van der Waals surface area contributed by atoms with Crippen LogP contribution in [0, 0.1) is 0 Å². The van der Waals surface area contributed by atoms with Crippen molar-refractivity contribution in [3.63, 3.8) is 0 Å². The third-order valence-electron chi connectivity index (χ3n) is 4.96. The number of pyridine rings is 1. The number of benzene rings is 2. The van der Waals surface area contributed by atoms with Crippen molar-refractivity contribution in [3.8, 4) is 0 Å². The van der Waals surface area contributed by atoms with Gasteiger partial charge in [0, 0.05) is 30.5 Å². The van der Waals surface area contributed by atoms with Gasteiger partial charge in [0.1, 0.15) is 5.01 Å². The standard InChI is InChI=1S/C24H20N6OS2/c31-22-19-11-4-5-12-20(19)27-24(30(22)15-13-17-8-6-7-14-25-17)32-16-21-28-29-23(33-21)26-18-9-2-1-3-10-18/h1-12,14H,13,15-16H2,(H,26,29). The average molecular weight is 473 g/mol. The molecule has 0 saturated carbocycles. The molecule has 0 aliphatic heterocycles. The second kappa shape index (κ2) is 9.93. The molecule has 0 saturated heterocycles. The lowest BCUT2D eigenvalue weighted by Gasteiger charge is -2.12. The zero-order valence-corrected chi connectivity index (χ0v) is 19.2. The lowest BCUT2D eigenvalue weighted by atomic mass is 10.2. The normalized spacial score (nSPS) is 11.0. The second-order valence-corrected chi connectivity index (χ2v) is 9.22. The first-order valence-corrected chi connectivity index (χ1v) is 12.2. The van der Waals surface area contributed by atoms with E-state index in [1.165, 1.54) is 23.1 Å². The molecule has 0 radical (unpaired) electrons. The quantitative estimate of drug-likeness (QED) is 0.253. The fourth-order valence-corrected chi connectivity index (χ4v) is 5.13. The van der Waals surface area contributed by atoms with Crippen LogP contribution < -0.4 is 10.9 Å². The van der Waals surface area contributed by atoms with Gasteiger partial charge >= 0.3 is 0 Å². The van der Waals surface area contributed by atoms with E-state index in [2.05, 4.69) is 20.5 Å². The lowest BCUT2D eigenvalue weighted by Crippen LogP contribution is -2.24. The molecule has 0 bridgehead atoms. The van der Waals surface area contributed by atoms with Crippen LogP contribution in [0.25, 0.3) is 10.9 Å². The van der Waals surface area contributed by atoms with Crippen LogP contribution in [0.5, 0.6) is 0 Å². The Labute approximate surface area is 198 Å². The SMILES string of the molecule is O=c1c2ccccc2nc(SCc2nnc(Nc3ccccc3)s2)n1CCc1ccccn1. The van der Waals surface area contributed by atoms with Gasteiger partial charge < -0.3 is 5.32 Å². The van der Waals surface area contributed by atoms with Crippen molar-refractivity contribution in [2.75, 3.05) is 5.32 Å². The van der Waals surface area contributed by atoms with E-state index in [9.17, 15) is 4.79 Å². The fourth-order valence-electron chi connectivity index (χ4n) is 3.36. The van der Waals surface area contributed by atoms with Gasteiger partial charge in [-0.05, 0) is 36.4 Å². The molecule has 0 amide bonds. The Bertz CT molecular complexity index is 1420. The highest BCUT2D eigenvalue weighted by Crippen LogP contribution is 2.27. The minimum atomic E-state index is -0.0391. The summed E-state index contributed by atoms with van der Waals surface area (Å²) in [5.41, 5.74) is 2.56. The average Bonchev–Trinajstić information content (AvgIpc) is 3.31. The molecular weight excluding hydrogens is 452 g/mol. The van der Waals surface area contributed by atoms with Crippen LogP contribution in [0.1, 0.15) is 10.7 Å². The summed E-state index contributed by atoms with van der Waals surface area (Å²) in [6.45, 7) is 0.507. The third kappa shape index (κ3) is 5.10. The first kappa shape index (κ1) is 21.3. The molecule has 0 aliphatic carbocycles. The number of anilines is 2. The number of nitrogens with one attached hydrogen (secondary N) is 1. The summed E-state index contributed by atoms with van der Waals surface area (Å²) in [5.74, 6) is 0.572. The van der Waals surface area contributed by atoms with Gasteiger partial charge in [-0.2, -0.15) is 0 Å². The highest BCUT2D eigenvalue weighted by Gasteiger charge is 2.13. The van der Waals surface area contributed by atoms with Crippen LogP contribution in [-0.2, 0) is 18.7 Å². The fraction of sp³-hybridized carbons (Fsp3) is 0.125. The van der Waals surface area contributed by atoms with Crippen molar-refractivity contribution in [2.24, 2.45) is 0 Å². The van der Waals surface area contributed by atoms with Gasteiger partial charge in [0.2, 0.25) is 5.13 Å². The molecule has 0 fully saturated rings. The van der Waals surface area contributed by atoms with Crippen LogP contribution in [0.3, 0.4) is 0 Å². The van der Waals surface area contributed by atoms with Crippen molar-refractivity contribution in [2.45, 2.75) is 23.9 Å². The van der Waals surface area contributed by atoms with Crippen molar-refractivity contribution in [1.82, 2.24) is 24.7 Å². The molecule has 5 rings (SSSR count). The zero-order valence-electron chi connectivity index (χ0n) is 17.6. The van der Waals surface area contributed by atoms with Gasteiger partial charge in [0.05, 0.1) is 16.7 Å². The summed E-state index contributed by atoms with van der Waals surface area (Å²) in [5, 5.41) is 14.7. The summed E-state index contributed by atoms with van der Waals surface area (Å²) in [6, 6.07) is 23.1. The van der Waals surface area contributed by atoms with E-state index in [4.69, 9.17) is 4.98 Å². The molecule has 33 heavy (non-hydrogen) atoms. The topological polar surface area (TPSA) is 85.6 Å². The van der Waals surface area contributed by atoms with Gasteiger partial charge in [0.15, 0.2) is 5.16 Å². The Hall–Kier alpha value is -3.56. The van der Waals surface area contributed by atoms with Crippen LogP contribution >= 0.6 is 23.1 Å². The first-order chi connectivity index (χ1) is 16.3. The molecule has 164 valence electrons. The Morgan fingerprint density at radius 1 is 0.939 bits per heavy atom. The molecule has 1 N–H and O–H groups in total. The van der Waals surface area contributed by atoms with E-state index < -0.39 is 0 Å². The highest BCUT2D eigenvalue weighted by molar-refractivity contribution is 7.98. The predicted octanol–water partition coefficient (Wildman–Crippen LogP) is 4.92.